The van der Waals surface area contributed by atoms with Crippen molar-refractivity contribution in [3.05, 3.63) is 57.6 Å². The second-order valence-electron chi connectivity index (χ2n) is 9.39. The zero-order valence-corrected chi connectivity index (χ0v) is 18.5. The Morgan fingerprint density at radius 2 is 1.79 bits per heavy atom. The van der Waals surface area contributed by atoms with E-state index in [1.807, 2.05) is 18.2 Å². The van der Waals surface area contributed by atoms with Crippen LogP contribution in [0.4, 0.5) is 16.2 Å². The Kier molecular flexibility index (Phi) is 5.01. The third-order valence-electron chi connectivity index (χ3n) is 5.44. The standard InChI is InChI=1S/C23H29ClN2O2/c1-22(2,3)19-14(13-25(6)7)8-11-17-20(19)23(4,5)16-10-9-15(24)12-18(16)26(17)21(27)28/h8-12H,13H2,1-7H3,(H,27,28). The van der Waals surface area contributed by atoms with Gasteiger partial charge in [0.15, 0.2) is 0 Å². The molecule has 1 heterocycles. The molecule has 0 saturated heterocycles. The number of hydrogen-bond acceptors (Lipinski definition) is 2. The summed E-state index contributed by atoms with van der Waals surface area (Å²) in [6, 6.07) is 9.57. The van der Waals surface area contributed by atoms with Crippen LogP contribution in [0.2, 0.25) is 5.02 Å². The average Bonchev–Trinajstić information content (AvgIpc) is 2.53. The first kappa shape index (κ1) is 20.7. The van der Waals surface area contributed by atoms with Crippen LogP contribution in [-0.4, -0.2) is 30.2 Å². The van der Waals surface area contributed by atoms with Crippen molar-refractivity contribution in [1.29, 1.82) is 0 Å². The fourth-order valence-electron chi connectivity index (χ4n) is 4.47. The fourth-order valence-corrected chi connectivity index (χ4v) is 4.64. The number of carbonyl (C=O) groups is 1. The van der Waals surface area contributed by atoms with Gasteiger partial charge in [0.25, 0.3) is 0 Å². The number of benzene rings is 2. The van der Waals surface area contributed by atoms with Gasteiger partial charge in [0.2, 0.25) is 0 Å². The molecule has 1 amide bonds. The monoisotopic (exact) mass is 400 g/mol. The predicted octanol–water partition coefficient (Wildman–Crippen LogP) is 6.15. The molecule has 0 fully saturated rings. The van der Waals surface area contributed by atoms with Gasteiger partial charge >= 0.3 is 6.09 Å². The summed E-state index contributed by atoms with van der Waals surface area (Å²) < 4.78 is 0. The minimum absolute atomic E-state index is 0.137. The largest absolute Gasteiger partial charge is 0.464 e. The molecule has 0 radical (unpaired) electrons. The highest BCUT2D eigenvalue weighted by atomic mass is 35.5. The van der Waals surface area contributed by atoms with Gasteiger partial charge in [-0.05, 0) is 60.0 Å². The number of hydrogen-bond donors (Lipinski definition) is 1. The van der Waals surface area contributed by atoms with Crippen molar-refractivity contribution < 1.29 is 9.90 Å². The molecule has 2 aromatic rings. The van der Waals surface area contributed by atoms with E-state index >= 15 is 0 Å². The first-order valence-electron chi connectivity index (χ1n) is 9.50. The van der Waals surface area contributed by atoms with Crippen molar-refractivity contribution in [3.8, 4) is 0 Å². The minimum atomic E-state index is -1.000. The number of fused-ring (bicyclic) bond motifs is 2. The zero-order valence-electron chi connectivity index (χ0n) is 17.7. The summed E-state index contributed by atoms with van der Waals surface area (Å²) in [4.78, 5) is 15.8. The highest BCUT2D eigenvalue weighted by Gasteiger charge is 2.42. The van der Waals surface area contributed by atoms with E-state index in [-0.39, 0.29) is 10.8 Å². The number of carboxylic acid groups (broad SMARTS) is 1. The van der Waals surface area contributed by atoms with Crippen LogP contribution in [0.3, 0.4) is 0 Å². The summed E-state index contributed by atoms with van der Waals surface area (Å²) in [7, 11) is 4.11. The summed E-state index contributed by atoms with van der Waals surface area (Å²) in [6.45, 7) is 11.7. The topological polar surface area (TPSA) is 43.8 Å². The molecule has 1 N–H and O–H groups in total. The van der Waals surface area contributed by atoms with E-state index in [4.69, 9.17) is 11.6 Å². The normalized spacial score (nSPS) is 15.4. The average molecular weight is 401 g/mol. The maximum absolute atomic E-state index is 12.3. The molecule has 1 aliphatic heterocycles. The summed E-state index contributed by atoms with van der Waals surface area (Å²) >= 11 is 6.23. The summed E-state index contributed by atoms with van der Waals surface area (Å²) in [6.07, 6.45) is -1.000. The maximum atomic E-state index is 12.3. The van der Waals surface area contributed by atoms with Crippen molar-refractivity contribution in [2.75, 3.05) is 19.0 Å². The highest BCUT2D eigenvalue weighted by Crippen LogP contribution is 2.53. The second-order valence-corrected chi connectivity index (χ2v) is 9.82. The third kappa shape index (κ3) is 3.29. The van der Waals surface area contributed by atoms with E-state index in [1.165, 1.54) is 16.0 Å². The van der Waals surface area contributed by atoms with E-state index in [0.29, 0.717) is 10.7 Å². The predicted molar refractivity (Wildman–Crippen MR) is 116 cm³/mol. The Morgan fingerprint density at radius 1 is 1.14 bits per heavy atom. The van der Waals surface area contributed by atoms with Gasteiger partial charge in [-0.2, -0.15) is 0 Å². The van der Waals surface area contributed by atoms with Gasteiger partial charge in [-0.25, -0.2) is 9.69 Å². The molecule has 0 unspecified atom stereocenters. The molecule has 0 spiro atoms. The Hall–Kier alpha value is -2.04. The third-order valence-corrected chi connectivity index (χ3v) is 5.67. The first-order valence-corrected chi connectivity index (χ1v) is 9.88. The van der Waals surface area contributed by atoms with E-state index in [9.17, 15) is 9.90 Å². The van der Waals surface area contributed by atoms with Gasteiger partial charge in [0.1, 0.15) is 0 Å². The van der Waals surface area contributed by atoms with Crippen LogP contribution in [0.15, 0.2) is 30.3 Å². The molecular formula is C23H29ClN2O2. The van der Waals surface area contributed by atoms with Crippen molar-refractivity contribution in [2.45, 2.75) is 52.0 Å². The minimum Gasteiger partial charge on any atom is -0.464 e. The Balaban J connectivity index is 2.44. The molecule has 2 aromatic carbocycles. The molecule has 0 atom stereocenters. The van der Waals surface area contributed by atoms with Crippen LogP contribution in [0.25, 0.3) is 0 Å². The molecule has 0 saturated carbocycles. The van der Waals surface area contributed by atoms with Crippen LogP contribution in [0, 0.1) is 0 Å². The molecule has 3 rings (SSSR count). The number of amides is 1. The van der Waals surface area contributed by atoms with Gasteiger partial charge in [-0.1, -0.05) is 58.4 Å². The van der Waals surface area contributed by atoms with E-state index < -0.39 is 6.09 Å². The van der Waals surface area contributed by atoms with Crippen LogP contribution >= 0.6 is 11.6 Å². The van der Waals surface area contributed by atoms with Gasteiger partial charge in [-0.15, -0.1) is 0 Å². The smallest absolute Gasteiger partial charge is 0.416 e. The van der Waals surface area contributed by atoms with Crippen molar-refractivity contribution in [3.63, 3.8) is 0 Å². The summed E-state index contributed by atoms with van der Waals surface area (Å²) in [5, 5.41) is 10.6. The molecule has 1 aliphatic rings. The van der Waals surface area contributed by atoms with Crippen molar-refractivity contribution in [1.82, 2.24) is 4.90 Å². The van der Waals surface area contributed by atoms with E-state index in [0.717, 1.165) is 23.4 Å². The SMILES string of the molecule is CN(C)Cc1ccc2c(c1C(C)(C)C)C(C)(C)c1ccc(Cl)cc1N2C(=O)O. The second kappa shape index (κ2) is 6.78. The Morgan fingerprint density at radius 3 is 2.32 bits per heavy atom. The van der Waals surface area contributed by atoms with Crippen LogP contribution in [0.5, 0.6) is 0 Å². The van der Waals surface area contributed by atoms with Gasteiger partial charge in [-0.3, -0.25) is 0 Å². The van der Waals surface area contributed by atoms with Gasteiger partial charge < -0.3 is 10.0 Å². The lowest BCUT2D eigenvalue weighted by atomic mass is 9.66. The Bertz CT molecular complexity index is 942. The van der Waals surface area contributed by atoms with Gasteiger partial charge in [0, 0.05) is 17.0 Å². The molecular weight excluding hydrogens is 372 g/mol. The molecule has 150 valence electrons. The molecule has 0 bridgehead atoms. The number of nitrogens with zero attached hydrogens (tertiary/aromatic N) is 2. The Labute approximate surface area is 172 Å². The van der Waals surface area contributed by atoms with Crippen LogP contribution in [0.1, 0.15) is 56.9 Å². The lowest BCUT2D eigenvalue weighted by Gasteiger charge is -2.44. The number of rotatable bonds is 2. The molecule has 0 aliphatic carbocycles. The fraction of sp³-hybridized carbons (Fsp3) is 0.435. The molecule has 4 nitrogen and oxygen atoms in total. The van der Waals surface area contributed by atoms with Gasteiger partial charge in [0.05, 0.1) is 11.4 Å². The first-order chi connectivity index (χ1) is 12.9. The van der Waals surface area contributed by atoms with E-state index in [1.54, 1.807) is 6.07 Å². The number of anilines is 2. The zero-order chi connectivity index (χ0) is 21.0. The lowest BCUT2D eigenvalue weighted by Crippen LogP contribution is -2.38. The van der Waals surface area contributed by atoms with Crippen LogP contribution < -0.4 is 4.90 Å². The van der Waals surface area contributed by atoms with Crippen molar-refractivity contribution in [2.24, 2.45) is 0 Å². The quantitative estimate of drug-likeness (QED) is 0.656. The molecule has 5 heteroatoms. The maximum Gasteiger partial charge on any atom is 0.416 e. The highest BCUT2D eigenvalue weighted by molar-refractivity contribution is 6.31. The summed E-state index contributed by atoms with van der Waals surface area (Å²) in [5.74, 6) is 0. The summed E-state index contributed by atoms with van der Waals surface area (Å²) in [5.41, 5.74) is 5.37. The van der Waals surface area contributed by atoms with Crippen LogP contribution in [-0.2, 0) is 17.4 Å². The van der Waals surface area contributed by atoms with Crippen molar-refractivity contribution >= 4 is 29.1 Å². The molecule has 28 heavy (non-hydrogen) atoms. The molecule has 0 aromatic heterocycles. The number of halogens is 1. The lowest BCUT2D eigenvalue weighted by molar-refractivity contribution is 0.204. The van der Waals surface area contributed by atoms with E-state index in [2.05, 4.69) is 59.7 Å².